The maximum Gasteiger partial charge on any atom is 0.414 e. The number of anilines is 2. The van der Waals surface area contributed by atoms with Gasteiger partial charge in [-0.1, -0.05) is 11.6 Å². The third-order valence-electron chi connectivity index (χ3n) is 6.63. The van der Waals surface area contributed by atoms with Crippen molar-refractivity contribution in [3.05, 3.63) is 45.6 Å². The zero-order valence-corrected chi connectivity index (χ0v) is 24.2. The molecule has 12 nitrogen and oxygen atoms in total. The van der Waals surface area contributed by atoms with Gasteiger partial charge in [-0.05, 0) is 62.7 Å². The number of rotatable bonds is 11. The summed E-state index contributed by atoms with van der Waals surface area (Å²) in [5.41, 5.74) is 1.16. The smallest absolute Gasteiger partial charge is 0.414 e. The Bertz CT molecular complexity index is 1280. The van der Waals surface area contributed by atoms with Gasteiger partial charge in [0.1, 0.15) is 18.8 Å². The average molecular weight is 607 g/mol. The lowest BCUT2D eigenvalue weighted by atomic mass is 10.2. The minimum absolute atomic E-state index is 0.0575. The van der Waals surface area contributed by atoms with E-state index >= 15 is 0 Å². The zero-order valence-electron chi connectivity index (χ0n) is 22.7. The van der Waals surface area contributed by atoms with E-state index in [0.717, 1.165) is 22.7 Å². The van der Waals surface area contributed by atoms with Crippen LogP contribution in [-0.2, 0) is 28.6 Å². The highest BCUT2D eigenvalue weighted by Gasteiger charge is 2.37. The van der Waals surface area contributed by atoms with E-state index in [4.69, 9.17) is 25.8 Å². The van der Waals surface area contributed by atoms with E-state index in [1.165, 1.54) is 24.1 Å². The molecular weight excluding hydrogens is 576 g/mol. The van der Waals surface area contributed by atoms with E-state index in [1.807, 2.05) is 6.92 Å². The molecule has 2 aromatic rings. The van der Waals surface area contributed by atoms with Gasteiger partial charge in [0.2, 0.25) is 0 Å². The van der Waals surface area contributed by atoms with Crippen LogP contribution in [0.4, 0.5) is 16.2 Å². The van der Waals surface area contributed by atoms with Crippen LogP contribution in [0.5, 0.6) is 0 Å². The van der Waals surface area contributed by atoms with Crippen LogP contribution < -0.4 is 15.1 Å². The molecule has 1 N–H and O–H groups in total. The molecule has 4 rings (SSSR count). The van der Waals surface area contributed by atoms with E-state index in [2.05, 4.69) is 5.32 Å². The highest BCUT2D eigenvalue weighted by atomic mass is 35.5. The zero-order chi connectivity index (χ0) is 29.5. The number of thiophene rings is 1. The molecule has 2 aliphatic rings. The molecular formula is C27H31ClN4O8S. The Morgan fingerprint density at radius 3 is 2.49 bits per heavy atom. The molecule has 2 aliphatic heterocycles. The van der Waals surface area contributed by atoms with Crippen molar-refractivity contribution in [2.75, 3.05) is 56.3 Å². The number of ether oxygens (including phenoxy) is 3. The molecule has 0 saturated carbocycles. The van der Waals surface area contributed by atoms with Crippen LogP contribution in [0.1, 0.15) is 29.4 Å². The fourth-order valence-electron chi connectivity index (χ4n) is 4.61. The van der Waals surface area contributed by atoms with E-state index in [9.17, 15) is 24.0 Å². The Labute approximate surface area is 246 Å². The van der Waals surface area contributed by atoms with Crippen molar-refractivity contribution in [3.8, 4) is 0 Å². The second kappa shape index (κ2) is 13.9. The summed E-state index contributed by atoms with van der Waals surface area (Å²) in [6.07, 6.45) is -0.0542. The van der Waals surface area contributed by atoms with Crippen LogP contribution >= 0.6 is 22.9 Å². The monoisotopic (exact) mass is 606 g/mol. The van der Waals surface area contributed by atoms with Gasteiger partial charge in [0.15, 0.2) is 6.61 Å². The minimum Gasteiger partial charge on any atom is -0.454 e. The second-order valence-corrected chi connectivity index (χ2v) is 11.1. The lowest BCUT2D eigenvalue weighted by molar-refractivity contribution is -0.152. The number of imide groups is 1. The SMILES string of the molecule is CCN(C(=O)COC)c1ccc(N2C[C@H](CN(C(=O)COC(=O)[C@@H]3CCCN3)C(=O)c3ccc(Cl)s3)OC2=O)cc1. The maximum absolute atomic E-state index is 13.3. The summed E-state index contributed by atoms with van der Waals surface area (Å²) in [5.74, 6) is -2.14. The van der Waals surface area contributed by atoms with Crippen molar-refractivity contribution in [2.45, 2.75) is 31.9 Å². The summed E-state index contributed by atoms with van der Waals surface area (Å²) < 4.78 is 16.0. The van der Waals surface area contributed by atoms with Gasteiger partial charge >= 0.3 is 12.1 Å². The standard InChI is InChI=1S/C27H31ClN4O8S/c1-3-30(23(33)15-38-2)17-6-8-18(9-7-17)31-13-19(40-27(31)37)14-32(25(35)21-10-11-22(28)41-21)24(34)16-39-26(36)20-5-4-12-29-20/h6-11,19-20,29H,3-5,12-16H2,1-2H3/t19-,20+/m1/s1. The molecule has 0 aliphatic carbocycles. The number of methoxy groups -OCH3 is 1. The number of hydrogen-bond acceptors (Lipinski definition) is 10. The number of benzene rings is 1. The fourth-order valence-corrected chi connectivity index (χ4v) is 5.60. The molecule has 1 aromatic heterocycles. The second-order valence-electron chi connectivity index (χ2n) is 9.37. The van der Waals surface area contributed by atoms with Crippen LogP contribution in [0.15, 0.2) is 36.4 Å². The van der Waals surface area contributed by atoms with E-state index < -0.39 is 42.6 Å². The summed E-state index contributed by atoms with van der Waals surface area (Å²) in [6, 6.07) is 9.33. The largest absolute Gasteiger partial charge is 0.454 e. The highest BCUT2D eigenvalue weighted by molar-refractivity contribution is 7.18. The topological polar surface area (TPSA) is 135 Å². The van der Waals surface area contributed by atoms with E-state index in [0.29, 0.717) is 35.2 Å². The molecule has 220 valence electrons. The number of halogens is 1. The van der Waals surface area contributed by atoms with Crippen LogP contribution in [-0.4, -0.2) is 93.3 Å². The molecule has 41 heavy (non-hydrogen) atoms. The van der Waals surface area contributed by atoms with Crippen molar-refractivity contribution in [1.82, 2.24) is 10.2 Å². The van der Waals surface area contributed by atoms with Gasteiger partial charge in [-0.25, -0.2) is 4.79 Å². The van der Waals surface area contributed by atoms with Gasteiger partial charge in [0, 0.05) is 25.0 Å². The van der Waals surface area contributed by atoms with Gasteiger partial charge in [-0.2, -0.15) is 0 Å². The fraction of sp³-hybridized carbons (Fsp3) is 0.444. The number of amides is 4. The van der Waals surface area contributed by atoms with E-state index in [1.54, 1.807) is 29.2 Å². The first-order valence-electron chi connectivity index (χ1n) is 13.1. The number of likely N-dealkylation sites (N-methyl/N-ethyl adjacent to an activating group) is 1. The van der Waals surface area contributed by atoms with E-state index in [-0.39, 0.29) is 30.5 Å². The Kier molecular flexibility index (Phi) is 10.3. The van der Waals surface area contributed by atoms with Crippen molar-refractivity contribution < 1.29 is 38.2 Å². The lowest BCUT2D eigenvalue weighted by Crippen LogP contribution is -2.45. The molecule has 14 heteroatoms. The molecule has 2 saturated heterocycles. The first-order chi connectivity index (χ1) is 19.7. The van der Waals surface area contributed by atoms with Crippen LogP contribution in [0.3, 0.4) is 0 Å². The van der Waals surface area contributed by atoms with Crippen molar-refractivity contribution >= 4 is 64.1 Å². The summed E-state index contributed by atoms with van der Waals surface area (Å²) in [6.45, 7) is 2.09. The molecule has 4 amide bonds. The first-order valence-corrected chi connectivity index (χ1v) is 14.3. The Morgan fingerprint density at radius 2 is 1.88 bits per heavy atom. The number of nitrogens with zero attached hydrogens (tertiary/aromatic N) is 3. The molecule has 0 unspecified atom stereocenters. The summed E-state index contributed by atoms with van der Waals surface area (Å²) in [4.78, 5) is 67.8. The Morgan fingerprint density at radius 1 is 1.12 bits per heavy atom. The number of hydrogen-bond donors (Lipinski definition) is 1. The van der Waals surface area contributed by atoms with Crippen molar-refractivity contribution in [2.24, 2.45) is 0 Å². The summed E-state index contributed by atoms with van der Waals surface area (Å²) in [7, 11) is 1.45. The lowest BCUT2D eigenvalue weighted by Gasteiger charge is -2.23. The molecule has 0 radical (unpaired) electrons. The van der Waals surface area contributed by atoms with Crippen LogP contribution in [0.2, 0.25) is 4.34 Å². The van der Waals surface area contributed by atoms with Gasteiger partial charge in [-0.15, -0.1) is 11.3 Å². The molecule has 3 heterocycles. The van der Waals surface area contributed by atoms with Crippen molar-refractivity contribution in [1.29, 1.82) is 0 Å². The number of carbonyl (C=O) groups is 5. The summed E-state index contributed by atoms with van der Waals surface area (Å²) in [5, 5.41) is 3.00. The number of carbonyl (C=O) groups excluding carboxylic acids is 5. The summed E-state index contributed by atoms with van der Waals surface area (Å²) >= 11 is 7.00. The minimum atomic E-state index is -0.840. The van der Waals surface area contributed by atoms with Gasteiger partial charge in [-0.3, -0.25) is 29.0 Å². The Balaban J connectivity index is 1.44. The molecule has 2 fully saturated rings. The van der Waals surface area contributed by atoms with Crippen LogP contribution in [0, 0.1) is 0 Å². The predicted octanol–water partition coefficient (Wildman–Crippen LogP) is 2.69. The van der Waals surface area contributed by atoms with Crippen molar-refractivity contribution in [3.63, 3.8) is 0 Å². The molecule has 0 bridgehead atoms. The predicted molar refractivity (Wildman–Crippen MR) is 151 cm³/mol. The third kappa shape index (κ3) is 7.41. The van der Waals surface area contributed by atoms with Gasteiger partial charge in [0.05, 0.1) is 22.3 Å². The average Bonchev–Trinajstić information content (AvgIpc) is 3.73. The first kappa shape index (κ1) is 30.4. The van der Waals surface area contributed by atoms with Gasteiger partial charge in [0.25, 0.3) is 17.7 Å². The highest BCUT2D eigenvalue weighted by Crippen LogP contribution is 2.27. The third-order valence-corrected chi connectivity index (χ3v) is 7.85. The molecule has 2 atom stereocenters. The van der Waals surface area contributed by atoms with Crippen LogP contribution in [0.25, 0.3) is 0 Å². The quantitative estimate of drug-likeness (QED) is 0.383. The number of cyclic esters (lactones) is 1. The molecule has 0 spiro atoms. The molecule has 1 aromatic carbocycles. The Hall–Kier alpha value is -3.52. The van der Waals surface area contributed by atoms with Gasteiger partial charge < -0.3 is 24.4 Å². The maximum atomic E-state index is 13.3. The number of nitrogens with one attached hydrogen (secondary N) is 1. The number of esters is 1. The normalized spacial score (nSPS) is 18.2.